The lowest BCUT2D eigenvalue weighted by atomic mass is 10.6. The van der Waals surface area contributed by atoms with Crippen molar-refractivity contribution in [2.45, 2.75) is 0 Å². The zero-order chi connectivity index (χ0) is 7.97. The van der Waals surface area contributed by atoms with Gasteiger partial charge in [0.2, 0.25) is 5.96 Å². The first-order valence-corrected chi connectivity index (χ1v) is 3.71. The van der Waals surface area contributed by atoms with Crippen molar-refractivity contribution < 1.29 is 0 Å². The van der Waals surface area contributed by atoms with Crippen molar-refractivity contribution in [3.8, 4) is 0 Å². The maximum absolute atomic E-state index is 4.28. The Morgan fingerprint density at radius 3 is 3.42 bits per heavy atom. The Bertz CT molecular complexity index is 375. The van der Waals surface area contributed by atoms with Crippen LogP contribution in [0.5, 0.6) is 0 Å². The Hall–Kier alpha value is -1.72. The number of hydrogen-bond acceptors (Lipinski definition) is 5. The lowest BCUT2D eigenvalue weighted by molar-refractivity contribution is 0.638. The smallest absolute Gasteiger partial charge is 0.256 e. The molecule has 1 aromatic rings. The third-order valence-corrected chi connectivity index (χ3v) is 1.88. The predicted octanol–water partition coefficient (Wildman–Crippen LogP) is -0.529. The largest absolute Gasteiger partial charge is 0.299 e. The Kier molecular flexibility index (Phi) is 0.931. The van der Waals surface area contributed by atoms with E-state index in [1.54, 1.807) is 11.0 Å². The highest BCUT2D eigenvalue weighted by molar-refractivity contribution is 5.96. The number of aromatic nitrogens is 3. The van der Waals surface area contributed by atoms with Crippen molar-refractivity contribution in [2.24, 2.45) is 9.98 Å². The molecule has 2 aliphatic heterocycles. The van der Waals surface area contributed by atoms with Gasteiger partial charge in [0.05, 0.1) is 6.54 Å². The van der Waals surface area contributed by atoms with Crippen LogP contribution in [0.15, 0.2) is 16.3 Å². The fraction of sp³-hybridized carbons (Fsp3) is 0.333. The number of aliphatic imine (C=N–C) groups is 2. The lowest BCUT2D eigenvalue weighted by Gasteiger charge is -2.17. The number of fused-ring (bicyclic) bond motifs is 3. The molecular formula is C6H6N6. The molecule has 0 saturated heterocycles. The SMILES string of the molecule is C1=Nc2ncnn2C2=NCCN12. The van der Waals surface area contributed by atoms with Gasteiger partial charge in [-0.1, -0.05) is 0 Å². The van der Waals surface area contributed by atoms with Crippen molar-refractivity contribution in [2.75, 3.05) is 13.1 Å². The molecule has 0 radical (unpaired) electrons. The molecule has 0 bridgehead atoms. The standard InChI is InChI=1S/C6H6N6/c1-2-11-4-9-5-8-3-10-12(5)6(11)7-1/h3-4H,1-2H2. The van der Waals surface area contributed by atoms with Crippen LogP contribution in [0.3, 0.4) is 0 Å². The van der Waals surface area contributed by atoms with Gasteiger partial charge in [-0.15, -0.1) is 0 Å². The van der Waals surface area contributed by atoms with Crippen molar-refractivity contribution in [1.29, 1.82) is 0 Å². The summed E-state index contributed by atoms with van der Waals surface area (Å²) < 4.78 is 1.65. The second-order valence-corrected chi connectivity index (χ2v) is 2.59. The quantitative estimate of drug-likeness (QED) is 0.515. The highest BCUT2D eigenvalue weighted by Crippen LogP contribution is 2.14. The monoisotopic (exact) mass is 162 g/mol. The maximum Gasteiger partial charge on any atom is 0.256 e. The Morgan fingerprint density at radius 2 is 2.42 bits per heavy atom. The minimum atomic E-state index is 0.604. The third kappa shape index (κ3) is 0.590. The first-order chi connectivity index (χ1) is 5.95. The van der Waals surface area contributed by atoms with Gasteiger partial charge in [-0.05, 0) is 0 Å². The number of rotatable bonds is 0. The first kappa shape index (κ1) is 5.87. The molecular weight excluding hydrogens is 156 g/mol. The van der Waals surface area contributed by atoms with Crippen molar-refractivity contribution >= 4 is 18.2 Å². The van der Waals surface area contributed by atoms with Gasteiger partial charge in [0.25, 0.3) is 5.95 Å². The van der Waals surface area contributed by atoms with Gasteiger partial charge in [0, 0.05) is 6.54 Å². The number of nitrogens with zero attached hydrogens (tertiary/aromatic N) is 6. The van der Waals surface area contributed by atoms with Crippen LogP contribution in [-0.4, -0.2) is 45.1 Å². The second kappa shape index (κ2) is 1.90. The third-order valence-electron chi connectivity index (χ3n) is 1.88. The minimum Gasteiger partial charge on any atom is -0.299 e. The summed E-state index contributed by atoms with van der Waals surface area (Å²) in [5, 5.41) is 4.02. The van der Waals surface area contributed by atoms with Gasteiger partial charge in [-0.2, -0.15) is 14.8 Å². The molecule has 0 spiro atoms. The normalized spacial score (nSPS) is 19.0. The van der Waals surface area contributed by atoms with Crippen LogP contribution in [-0.2, 0) is 0 Å². The molecule has 0 aliphatic carbocycles. The molecule has 2 aliphatic rings. The van der Waals surface area contributed by atoms with Gasteiger partial charge in [0.1, 0.15) is 12.7 Å². The number of hydrogen-bond donors (Lipinski definition) is 0. The fourth-order valence-electron chi connectivity index (χ4n) is 1.33. The topological polar surface area (TPSA) is 58.7 Å². The van der Waals surface area contributed by atoms with E-state index < -0.39 is 0 Å². The molecule has 0 fully saturated rings. The molecule has 0 unspecified atom stereocenters. The van der Waals surface area contributed by atoms with Crippen LogP contribution in [0.2, 0.25) is 0 Å². The summed E-state index contributed by atoms with van der Waals surface area (Å²) in [6, 6.07) is 0. The van der Waals surface area contributed by atoms with E-state index >= 15 is 0 Å². The molecule has 12 heavy (non-hydrogen) atoms. The van der Waals surface area contributed by atoms with Crippen LogP contribution in [0, 0.1) is 0 Å². The van der Waals surface area contributed by atoms with E-state index in [1.165, 1.54) is 6.33 Å². The van der Waals surface area contributed by atoms with Crippen LogP contribution in [0.4, 0.5) is 5.95 Å². The average molecular weight is 162 g/mol. The predicted molar refractivity (Wildman–Crippen MR) is 42.6 cm³/mol. The summed E-state index contributed by atoms with van der Waals surface area (Å²) in [6.45, 7) is 1.69. The molecule has 6 nitrogen and oxygen atoms in total. The Labute approximate surface area is 68.3 Å². The molecule has 0 aromatic carbocycles. The molecule has 1 aromatic heterocycles. The highest BCUT2D eigenvalue weighted by atomic mass is 15.5. The van der Waals surface area contributed by atoms with Crippen molar-refractivity contribution in [1.82, 2.24) is 19.7 Å². The van der Waals surface area contributed by atoms with E-state index in [9.17, 15) is 0 Å². The maximum atomic E-state index is 4.28. The molecule has 0 N–H and O–H groups in total. The molecule has 3 heterocycles. The van der Waals surface area contributed by atoms with E-state index in [0.717, 1.165) is 19.0 Å². The van der Waals surface area contributed by atoms with E-state index in [1.807, 2.05) is 4.90 Å². The summed E-state index contributed by atoms with van der Waals surface area (Å²) in [7, 11) is 0. The average Bonchev–Trinajstić information content (AvgIpc) is 2.71. The van der Waals surface area contributed by atoms with Crippen molar-refractivity contribution in [3.05, 3.63) is 6.33 Å². The Morgan fingerprint density at radius 1 is 1.42 bits per heavy atom. The van der Waals surface area contributed by atoms with Gasteiger partial charge in [0.15, 0.2) is 0 Å². The summed E-state index contributed by atoms with van der Waals surface area (Å²) in [5.74, 6) is 1.43. The molecule has 0 saturated carbocycles. The van der Waals surface area contributed by atoms with Gasteiger partial charge in [-0.3, -0.25) is 4.90 Å². The molecule has 0 atom stereocenters. The van der Waals surface area contributed by atoms with Gasteiger partial charge in [-0.25, -0.2) is 9.98 Å². The van der Waals surface area contributed by atoms with Crippen LogP contribution in [0.25, 0.3) is 0 Å². The van der Waals surface area contributed by atoms with E-state index in [2.05, 4.69) is 20.1 Å². The summed E-state index contributed by atoms with van der Waals surface area (Å²) in [6.07, 6.45) is 3.23. The highest BCUT2D eigenvalue weighted by Gasteiger charge is 2.23. The van der Waals surface area contributed by atoms with Gasteiger partial charge < -0.3 is 0 Å². The minimum absolute atomic E-state index is 0.604. The van der Waals surface area contributed by atoms with Gasteiger partial charge >= 0.3 is 0 Å². The molecule has 6 heteroatoms. The fourth-order valence-corrected chi connectivity index (χ4v) is 1.33. The van der Waals surface area contributed by atoms with E-state index in [-0.39, 0.29) is 0 Å². The Balaban J connectivity index is 2.23. The zero-order valence-electron chi connectivity index (χ0n) is 6.25. The van der Waals surface area contributed by atoms with E-state index in [0.29, 0.717) is 5.95 Å². The lowest BCUT2D eigenvalue weighted by Crippen LogP contribution is -2.34. The van der Waals surface area contributed by atoms with Crippen LogP contribution < -0.4 is 0 Å². The van der Waals surface area contributed by atoms with Crippen LogP contribution >= 0.6 is 0 Å². The second-order valence-electron chi connectivity index (χ2n) is 2.59. The summed E-state index contributed by atoms with van der Waals surface area (Å²) in [5.41, 5.74) is 0. The van der Waals surface area contributed by atoms with Crippen molar-refractivity contribution in [3.63, 3.8) is 0 Å². The summed E-state index contributed by atoms with van der Waals surface area (Å²) >= 11 is 0. The first-order valence-electron chi connectivity index (χ1n) is 3.71. The molecule has 3 rings (SSSR count). The molecule has 60 valence electrons. The van der Waals surface area contributed by atoms with E-state index in [4.69, 9.17) is 0 Å². The summed E-state index contributed by atoms with van der Waals surface area (Å²) in [4.78, 5) is 14.3. The molecule has 0 amide bonds. The van der Waals surface area contributed by atoms with Crippen LogP contribution in [0.1, 0.15) is 0 Å². The zero-order valence-corrected chi connectivity index (χ0v) is 6.25.